The van der Waals surface area contributed by atoms with Crippen molar-refractivity contribution in [2.24, 2.45) is 0 Å². The van der Waals surface area contributed by atoms with E-state index in [1.54, 1.807) is 0 Å². The molecular weight excluding hydrogens is 309 g/mol. The molecule has 0 atom stereocenters. The van der Waals surface area contributed by atoms with Crippen LogP contribution in [0.5, 0.6) is 0 Å². The lowest BCUT2D eigenvalue weighted by Gasteiger charge is -2.11. The first-order chi connectivity index (χ1) is 9.65. The Morgan fingerprint density at radius 2 is 1.65 bits per heavy atom. The van der Waals surface area contributed by atoms with Gasteiger partial charge in [-0.2, -0.15) is 0 Å². The summed E-state index contributed by atoms with van der Waals surface area (Å²) in [6, 6.07) is 12.2. The van der Waals surface area contributed by atoms with E-state index in [9.17, 15) is 0 Å². The van der Waals surface area contributed by atoms with E-state index in [0.717, 1.165) is 22.6 Å². The van der Waals surface area contributed by atoms with Gasteiger partial charge in [-0.05, 0) is 42.0 Å². The minimum Gasteiger partial charge on any atom is -0.388 e. The largest absolute Gasteiger partial charge is 0.388 e. The van der Waals surface area contributed by atoms with Gasteiger partial charge in [-0.15, -0.1) is 11.8 Å². The van der Waals surface area contributed by atoms with Crippen molar-refractivity contribution in [3.63, 3.8) is 0 Å². The van der Waals surface area contributed by atoms with Gasteiger partial charge in [-0.25, -0.2) is 0 Å². The number of benzene rings is 2. The Labute approximate surface area is 134 Å². The third kappa shape index (κ3) is 3.63. The third-order valence-electron chi connectivity index (χ3n) is 2.95. The molecule has 2 aromatic rings. The molecule has 0 spiro atoms. The minimum atomic E-state index is 0.663. The van der Waals surface area contributed by atoms with Crippen LogP contribution in [-0.4, -0.2) is 12.8 Å². The zero-order valence-corrected chi connectivity index (χ0v) is 13.9. The van der Waals surface area contributed by atoms with E-state index in [1.807, 2.05) is 30.9 Å². The van der Waals surface area contributed by atoms with E-state index in [2.05, 4.69) is 36.5 Å². The molecule has 0 amide bonds. The van der Waals surface area contributed by atoms with Gasteiger partial charge in [0.15, 0.2) is 0 Å². The van der Waals surface area contributed by atoms with Crippen LogP contribution in [0.1, 0.15) is 13.3 Å². The molecule has 2 rings (SSSR count). The zero-order chi connectivity index (χ0) is 14.5. The topological polar surface area (TPSA) is 12.0 Å². The highest BCUT2D eigenvalue weighted by Gasteiger charge is 2.10. The van der Waals surface area contributed by atoms with Crippen LogP contribution < -0.4 is 5.32 Å². The average molecular weight is 326 g/mol. The first-order valence-corrected chi connectivity index (χ1v) is 8.30. The lowest BCUT2D eigenvalue weighted by atomic mass is 10.1. The number of nitrogens with one attached hydrogen (secondary N) is 1. The van der Waals surface area contributed by atoms with Gasteiger partial charge in [0.05, 0.1) is 10.0 Å². The first-order valence-electron chi connectivity index (χ1n) is 6.55. The summed E-state index contributed by atoms with van der Waals surface area (Å²) in [5.74, 6) is 1.14. The molecule has 0 bridgehead atoms. The van der Waals surface area contributed by atoms with Gasteiger partial charge in [0, 0.05) is 23.2 Å². The molecule has 0 aliphatic heterocycles. The van der Waals surface area contributed by atoms with Crippen LogP contribution >= 0.6 is 35.0 Å². The van der Waals surface area contributed by atoms with Crippen LogP contribution in [0.2, 0.25) is 10.0 Å². The molecule has 2 aromatic carbocycles. The van der Waals surface area contributed by atoms with E-state index >= 15 is 0 Å². The van der Waals surface area contributed by atoms with Gasteiger partial charge in [-0.3, -0.25) is 0 Å². The van der Waals surface area contributed by atoms with Crippen molar-refractivity contribution in [2.45, 2.75) is 18.2 Å². The van der Waals surface area contributed by atoms with Crippen molar-refractivity contribution in [1.82, 2.24) is 0 Å². The summed E-state index contributed by atoms with van der Waals surface area (Å²) in [6.07, 6.45) is 1.18. The Hall–Kier alpha value is -0.830. The molecule has 0 saturated heterocycles. The number of halogens is 2. The highest BCUT2D eigenvalue weighted by atomic mass is 35.5. The Bertz CT molecular complexity index is 559. The molecule has 0 heterocycles. The summed E-state index contributed by atoms with van der Waals surface area (Å²) in [4.78, 5) is 1.27. The highest BCUT2D eigenvalue weighted by Crippen LogP contribution is 2.37. The molecule has 0 aliphatic carbocycles. The molecule has 0 aromatic heterocycles. The predicted molar refractivity (Wildman–Crippen MR) is 92.5 cm³/mol. The maximum absolute atomic E-state index is 6.34. The Morgan fingerprint density at radius 1 is 1.05 bits per heavy atom. The predicted octanol–water partition coefficient (Wildman–Crippen LogP) is 6.20. The number of thioether (sulfide) groups is 1. The molecule has 0 unspecified atom stereocenters. The maximum atomic E-state index is 6.34. The SMILES string of the molecule is CCCSc1ccc(-c2c(Cl)cc(NC)cc2Cl)cc1. The number of hydrogen-bond acceptors (Lipinski definition) is 2. The van der Waals surface area contributed by atoms with Crippen LogP contribution in [0.15, 0.2) is 41.3 Å². The van der Waals surface area contributed by atoms with Gasteiger partial charge in [-0.1, -0.05) is 42.3 Å². The number of rotatable bonds is 5. The van der Waals surface area contributed by atoms with Crippen LogP contribution in [0.3, 0.4) is 0 Å². The number of anilines is 1. The second kappa shape index (κ2) is 7.26. The van der Waals surface area contributed by atoms with E-state index in [1.165, 1.54) is 11.3 Å². The average Bonchev–Trinajstić information content (AvgIpc) is 2.45. The second-order valence-corrected chi connectivity index (χ2v) is 6.42. The maximum Gasteiger partial charge on any atom is 0.0519 e. The molecule has 0 radical (unpaired) electrons. The van der Waals surface area contributed by atoms with Crippen molar-refractivity contribution in [1.29, 1.82) is 0 Å². The Morgan fingerprint density at radius 3 is 2.15 bits per heavy atom. The smallest absolute Gasteiger partial charge is 0.0519 e. The summed E-state index contributed by atoms with van der Waals surface area (Å²) in [5, 5.41) is 4.37. The van der Waals surface area contributed by atoms with Gasteiger partial charge < -0.3 is 5.32 Å². The fraction of sp³-hybridized carbons (Fsp3) is 0.250. The van der Waals surface area contributed by atoms with Crippen molar-refractivity contribution in [2.75, 3.05) is 18.1 Å². The van der Waals surface area contributed by atoms with Crippen molar-refractivity contribution in [3.8, 4) is 11.1 Å². The quantitative estimate of drug-likeness (QED) is 0.656. The summed E-state index contributed by atoms with van der Waals surface area (Å²) in [6.45, 7) is 2.18. The van der Waals surface area contributed by atoms with Gasteiger partial charge in [0.1, 0.15) is 0 Å². The fourth-order valence-electron chi connectivity index (χ4n) is 1.93. The summed E-state index contributed by atoms with van der Waals surface area (Å²) >= 11 is 14.5. The number of hydrogen-bond donors (Lipinski definition) is 1. The minimum absolute atomic E-state index is 0.663. The van der Waals surface area contributed by atoms with E-state index in [-0.39, 0.29) is 0 Å². The second-order valence-electron chi connectivity index (χ2n) is 4.44. The summed E-state index contributed by atoms with van der Waals surface area (Å²) in [5.41, 5.74) is 2.85. The molecule has 1 N–H and O–H groups in total. The van der Waals surface area contributed by atoms with Crippen molar-refractivity contribution >= 4 is 40.7 Å². The van der Waals surface area contributed by atoms with Crippen molar-refractivity contribution < 1.29 is 0 Å². The molecule has 0 saturated carbocycles. The zero-order valence-electron chi connectivity index (χ0n) is 11.5. The van der Waals surface area contributed by atoms with E-state index in [0.29, 0.717) is 10.0 Å². The molecule has 4 heteroatoms. The van der Waals surface area contributed by atoms with Crippen LogP contribution in [-0.2, 0) is 0 Å². The lowest BCUT2D eigenvalue weighted by Crippen LogP contribution is -1.90. The molecule has 106 valence electrons. The molecular formula is C16H17Cl2NS. The monoisotopic (exact) mass is 325 g/mol. The third-order valence-corrected chi connectivity index (χ3v) is 4.76. The lowest BCUT2D eigenvalue weighted by molar-refractivity contribution is 1.10. The normalized spacial score (nSPS) is 10.6. The Balaban J connectivity index is 2.32. The molecule has 0 aliphatic rings. The molecule has 1 nitrogen and oxygen atoms in total. The van der Waals surface area contributed by atoms with Gasteiger partial charge >= 0.3 is 0 Å². The van der Waals surface area contributed by atoms with Gasteiger partial charge in [0.2, 0.25) is 0 Å². The standard InChI is InChI=1S/C16H17Cl2NS/c1-3-8-20-13-6-4-11(5-7-13)16-14(17)9-12(19-2)10-15(16)18/h4-7,9-10,19H,3,8H2,1-2H3. The Kier molecular flexibility index (Phi) is 5.64. The fourth-order valence-corrected chi connectivity index (χ4v) is 3.40. The van der Waals surface area contributed by atoms with Gasteiger partial charge in [0.25, 0.3) is 0 Å². The summed E-state index contributed by atoms with van der Waals surface area (Å²) < 4.78 is 0. The van der Waals surface area contributed by atoms with Crippen LogP contribution in [0.4, 0.5) is 5.69 Å². The van der Waals surface area contributed by atoms with Crippen LogP contribution in [0, 0.1) is 0 Å². The molecule has 20 heavy (non-hydrogen) atoms. The molecule has 0 fully saturated rings. The first kappa shape index (κ1) is 15.6. The van der Waals surface area contributed by atoms with E-state index in [4.69, 9.17) is 23.2 Å². The highest BCUT2D eigenvalue weighted by molar-refractivity contribution is 7.99. The van der Waals surface area contributed by atoms with Crippen LogP contribution in [0.25, 0.3) is 11.1 Å². The van der Waals surface area contributed by atoms with E-state index < -0.39 is 0 Å². The summed E-state index contributed by atoms with van der Waals surface area (Å²) in [7, 11) is 1.85. The van der Waals surface area contributed by atoms with Crippen molar-refractivity contribution in [3.05, 3.63) is 46.4 Å².